The molecule has 3 amide bonds. The van der Waals surface area contributed by atoms with Crippen LogP contribution in [0.3, 0.4) is 0 Å². The predicted octanol–water partition coefficient (Wildman–Crippen LogP) is 4.96. The fourth-order valence-electron chi connectivity index (χ4n) is 3.74. The van der Waals surface area contributed by atoms with Crippen LogP contribution in [0, 0.1) is 27.2 Å². The molecule has 0 aliphatic carbocycles. The highest BCUT2D eigenvalue weighted by Crippen LogP contribution is 2.29. The number of nitrogens with zero attached hydrogens (tertiary/aromatic N) is 3. The van der Waals surface area contributed by atoms with E-state index >= 15 is 0 Å². The molecule has 3 aromatic carbocycles. The molecule has 3 rings (SSSR count). The second-order valence-corrected chi connectivity index (χ2v) is 9.32. The molecule has 0 heterocycles. The Morgan fingerprint density at radius 2 is 1.23 bits per heavy atom. The van der Waals surface area contributed by atoms with Gasteiger partial charge in [-0.25, -0.2) is 14.4 Å². The topological polar surface area (TPSA) is 205 Å². The van der Waals surface area contributed by atoms with Gasteiger partial charge in [0.1, 0.15) is 19.0 Å². The van der Waals surface area contributed by atoms with Gasteiger partial charge in [-0.15, -0.1) is 0 Å². The zero-order valence-electron chi connectivity index (χ0n) is 24.0. The molecule has 0 aromatic heterocycles. The van der Waals surface area contributed by atoms with Crippen LogP contribution in [0.1, 0.15) is 16.7 Å². The summed E-state index contributed by atoms with van der Waals surface area (Å²) in [5.41, 5.74) is 1.50. The Kier molecular flexibility index (Phi) is 11.5. The number of rotatable bonds is 12. The number of nitro benzene ring substituents is 2. The van der Waals surface area contributed by atoms with E-state index in [-0.39, 0.29) is 41.7 Å². The molecular weight excluding hydrogens is 580 g/mol. The number of anilines is 2. The van der Waals surface area contributed by atoms with Crippen LogP contribution in [-0.2, 0) is 22.7 Å². The first-order valence-electron chi connectivity index (χ1n) is 13.0. The van der Waals surface area contributed by atoms with Crippen LogP contribution >= 0.6 is 0 Å². The van der Waals surface area contributed by atoms with E-state index in [1.807, 2.05) is 0 Å². The maximum Gasteiger partial charge on any atom is 0.415 e. The van der Waals surface area contributed by atoms with Crippen LogP contribution in [0.4, 0.5) is 37.1 Å². The second-order valence-electron chi connectivity index (χ2n) is 9.32. The van der Waals surface area contributed by atoms with Crippen molar-refractivity contribution in [3.8, 4) is 5.75 Å². The van der Waals surface area contributed by atoms with Crippen molar-refractivity contribution in [2.24, 2.45) is 0 Å². The largest absolute Gasteiger partial charge is 0.444 e. The van der Waals surface area contributed by atoms with E-state index < -0.39 is 28.1 Å². The number of amides is 3. The summed E-state index contributed by atoms with van der Waals surface area (Å²) in [7, 11) is 3.27. The van der Waals surface area contributed by atoms with Gasteiger partial charge in [-0.1, -0.05) is 5.56 Å². The summed E-state index contributed by atoms with van der Waals surface area (Å²) in [4.78, 5) is 59.7. The second kappa shape index (κ2) is 15.5. The van der Waals surface area contributed by atoms with Gasteiger partial charge in [0.15, 0.2) is 0 Å². The number of nitrogens with one attached hydrogen (secondary N) is 3. The van der Waals surface area contributed by atoms with Crippen LogP contribution in [0.25, 0.3) is 0 Å². The maximum absolute atomic E-state index is 12.9. The Morgan fingerprint density at radius 3 is 1.61 bits per heavy atom. The minimum atomic E-state index is -0.871. The van der Waals surface area contributed by atoms with Crippen molar-refractivity contribution in [2.45, 2.75) is 20.1 Å². The highest BCUT2D eigenvalue weighted by Gasteiger charge is 2.21. The summed E-state index contributed by atoms with van der Waals surface area (Å²) >= 11 is 0. The monoisotopic (exact) mass is 610 g/mol. The number of carbonyl (C=O) groups excluding carboxylic acids is 3. The van der Waals surface area contributed by atoms with E-state index in [4.69, 9.17) is 14.2 Å². The quantitative estimate of drug-likeness (QED) is 0.185. The lowest BCUT2D eigenvalue weighted by Crippen LogP contribution is -2.35. The van der Waals surface area contributed by atoms with Gasteiger partial charge in [-0.2, -0.15) is 0 Å². The molecule has 0 radical (unpaired) electrons. The molecule has 0 bridgehead atoms. The van der Waals surface area contributed by atoms with Gasteiger partial charge >= 0.3 is 18.3 Å². The van der Waals surface area contributed by atoms with E-state index in [0.717, 1.165) is 0 Å². The Labute approximate surface area is 251 Å². The van der Waals surface area contributed by atoms with Crippen LogP contribution in [-0.4, -0.2) is 60.2 Å². The highest BCUT2D eigenvalue weighted by atomic mass is 16.6. The van der Waals surface area contributed by atoms with Gasteiger partial charge in [0.2, 0.25) is 0 Å². The Balaban J connectivity index is 1.76. The standard InChI is InChI=1S/C28H30N6O10/c1-18-14-19(16-42-26(35)30-21-4-8-23(9-5-21)33(38)39)25(44-28(37)32(3)13-12-29-2)20(15-18)17-43-27(36)31-22-6-10-24(11-7-22)34(40)41/h4-11,14-15,29H,12-13,16-17H2,1-3H3,(H,30,35)(H,31,36). The summed E-state index contributed by atoms with van der Waals surface area (Å²) in [5, 5.41) is 29.5. The molecule has 0 atom stereocenters. The molecule has 16 heteroatoms. The summed E-state index contributed by atoms with van der Waals surface area (Å²) in [5.74, 6) is 0.0168. The van der Waals surface area contributed by atoms with Crippen LogP contribution < -0.4 is 20.7 Å². The molecular formula is C28H30N6O10. The van der Waals surface area contributed by atoms with Gasteiger partial charge < -0.3 is 24.4 Å². The summed E-state index contributed by atoms with van der Waals surface area (Å²) in [6.07, 6.45) is -2.45. The lowest BCUT2D eigenvalue weighted by molar-refractivity contribution is -0.385. The smallest absolute Gasteiger partial charge is 0.415 e. The van der Waals surface area contributed by atoms with Crippen molar-refractivity contribution in [3.63, 3.8) is 0 Å². The number of likely N-dealkylation sites (N-methyl/N-ethyl adjacent to an activating group) is 2. The minimum Gasteiger partial charge on any atom is -0.444 e. The average Bonchev–Trinajstić information content (AvgIpc) is 2.99. The summed E-state index contributed by atoms with van der Waals surface area (Å²) < 4.78 is 16.3. The van der Waals surface area contributed by atoms with Crippen molar-refractivity contribution >= 4 is 41.0 Å². The van der Waals surface area contributed by atoms with Crippen LogP contribution in [0.15, 0.2) is 60.7 Å². The van der Waals surface area contributed by atoms with E-state index in [1.54, 1.807) is 26.1 Å². The number of hydrogen-bond donors (Lipinski definition) is 3. The summed E-state index contributed by atoms with van der Waals surface area (Å²) in [6, 6.07) is 13.5. The van der Waals surface area contributed by atoms with E-state index in [0.29, 0.717) is 29.8 Å². The number of carbonyl (C=O) groups is 3. The Bertz CT molecular complexity index is 1420. The predicted molar refractivity (Wildman–Crippen MR) is 158 cm³/mol. The molecule has 0 saturated heterocycles. The number of nitro groups is 2. The molecule has 0 spiro atoms. The third kappa shape index (κ3) is 9.66. The Morgan fingerprint density at radius 1 is 0.795 bits per heavy atom. The molecule has 44 heavy (non-hydrogen) atoms. The van der Waals surface area contributed by atoms with Gasteiger partial charge in [-0.05, 0) is 50.4 Å². The zero-order chi connectivity index (χ0) is 32.2. The third-order valence-electron chi connectivity index (χ3n) is 5.95. The number of ether oxygens (including phenoxy) is 3. The van der Waals surface area contributed by atoms with Crippen molar-refractivity contribution < 1.29 is 38.4 Å². The first-order chi connectivity index (χ1) is 21.0. The number of benzene rings is 3. The molecule has 3 aromatic rings. The fourth-order valence-corrected chi connectivity index (χ4v) is 3.74. The first-order valence-corrected chi connectivity index (χ1v) is 13.0. The number of aryl methyl sites for hydroxylation is 1. The molecule has 3 N–H and O–H groups in total. The Hall–Kier alpha value is -5.77. The van der Waals surface area contributed by atoms with Crippen molar-refractivity contribution in [3.05, 3.63) is 97.6 Å². The SMILES string of the molecule is CNCCN(C)C(=O)Oc1c(COC(=O)Nc2ccc([N+](=O)[O-])cc2)cc(C)cc1COC(=O)Nc1ccc([N+](=O)[O-])cc1. The minimum absolute atomic E-state index is 0.0168. The van der Waals surface area contributed by atoms with Gasteiger partial charge in [0, 0.05) is 66.9 Å². The number of non-ortho nitro benzene ring substituents is 2. The molecule has 16 nitrogen and oxygen atoms in total. The van der Waals surface area contributed by atoms with Crippen LogP contribution in [0.5, 0.6) is 5.75 Å². The highest BCUT2D eigenvalue weighted by molar-refractivity contribution is 5.85. The number of hydrogen-bond acceptors (Lipinski definition) is 11. The molecule has 232 valence electrons. The van der Waals surface area contributed by atoms with E-state index in [9.17, 15) is 34.6 Å². The van der Waals surface area contributed by atoms with Crippen LogP contribution in [0.2, 0.25) is 0 Å². The molecule has 0 aliphatic rings. The van der Waals surface area contributed by atoms with Gasteiger partial charge in [-0.3, -0.25) is 30.9 Å². The van der Waals surface area contributed by atoms with E-state index in [2.05, 4.69) is 16.0 Å². The molecule has 0 saturated carbocycles. The molecule has 0 unspecified atom stereocenters. The van der Waals surface area contributed by atoms with E-state index in [1.165, 1.54) is 60.5 Å². The molecule has 0 aliphatic heterocycles. The zero-order valence-corrected chi connectivity index (χ0v) is 24.0. The molecule has 0 fully saturated rings. The maximum atomic E-state index is 12.9. The van der Waals surface area contributed by atoms with Crippen molar-refractivity contribution in [2.75, 3.05) is 37.8 Å². The normalized spacial score (nSPS) is 10.3. The lowest BCUT2D eigenvalue weighted by Gasteiger charge is -2.20. The van der Waals surface area contributed by atoms with Crippen molar-refractivity contribution in [1.29, 1.82) is 0 Å². The first kappa shape index (κ1) is 32.7. The lowest BCUT2D eigenvalue weighted by atomic mass is 10.1. The average molecular weight is 611 g/mol. The summed E-state index contributed by atoms with van der Waals surface area (Å²) in [6.45, 7) is 1.88. The third-order valence-corrected chi connectivity index (χ3v) is 5.95. The van der Waals surface area contributed by atoms with Gasteiger partial charge in [0.05, 0.1) is 9.85 Å². The fraction of sp³-hybridized carbons (Fsp3) is 0.250. The van der Waals surface area contributed by atoms with Gasteiger partial charge in [0.25, 0.3) is 11.4 Å². The van der Waals surface area contributed by atoms with Crippen molar-refractivity contribution in [1.82, 2.24) is 10.2 Å².